The topological polar surface area (TPSA) is 49.7 Å². The second-order valence-corrected chi connectivity index (χ2v) is 7.28. The van der Waals surface area contributed by atoms with E-state index in [9.17, 15) is 13.2 Å². The van der Waals surface area contributed by atoms with Gasteiger partial charge in [-0.05, 0) is 56.2 Å². The summed E-state index contributed by atoms with van der Waals surface area (Å²) in [5.74, 6) is 1.06. The molecular formula is C17H18F3N3O2. The molecule has 1 atom stereocenters. The third-order valence-corrected chi connectivity index (χ3v) is 5.84. The van der Waals surface area contributed by atoms with Crippen LogP contribution in [0.3, 0.4) is 0 Å². The first-order valence-corrected chi connectivity index (χ1v) is 8.55. The lowest BCUT2D eigenvalue weighted by Gasteiger charge is -2.47. The molecule has 4 fully saturated rings. The first-order chi connectivity index (χ1) is 11.9. The van der Waals surface area contributed by atoms with Gasteiger partial charge < -0.3 is 4.42 Å². The molecule has 1 saturated heterocycles. The molecule has 5 nitrogen and oxygen atoms in total. The number of hydrogen-bond acceptors (Lipinski definition) is 5. The van der Waals surface area contributed by atoms with Crippen molar-refractivity contribution in [3.8, 4) is 0 Å². The highest BCUT2D eigenvalue weighted by Gasteiger charge is 2.53. The molecule has 0 unspecified atom stereocenters. The number of fused-ring (bicyclic) bond motifs is 3. The molecule has 1 spiro atoms. The monoisotopic (exact) mass is 353 g/mol. The zero-order valence-corrected chi connectivity index (χ0v) is 13.4. The summed E-state index contributed by atoms with van der Waals surface area (Å²) in [5.41, 5.74) is 5.74. The largest absolute Gasteiger partial charge is 0.464 e. The number of furan rings is 1. The van der Waals surface area contributed by atoms with E-state index in [0.717, 1.165) is 25.5 Å². The maximum absolute atomic E-state index is 13.1. The molecule has 25 heavy (non-hydrogen) atoms. The highest BCUT2D eigenvalue weighted by molar-refractivity contribution is 5.85. The molecule has 0 amide bonds. The highest BCUT2D eigenvalue weighted by Crippen LogP contribution is 2.49. The Kier molecular flexibility index (Phi) is 3.17. The van der Waals surface area contributed by atoms with Crippen molar-refractivity contribution in [2.45, 2.75) is 44.0 Å². The van der Waals surface area contributed by atoms with Gasteiger partial charge in [0.05, 0.1) is 5.69 Å². The standard InChI is InChI=1S/C17H18F3N3O2/c18-17(19,20)14-9-24-15-6-5-12(7-13(14)15)23-21-16(25-22-23)8-10-1-3-11(16)4-2-10/h5-7,9-11,21-22H,1-4,8H2/t10?,11?,16-/m1/s1. The van der Waals surface area contributed by atoms with Crippen LogP contribution in [-0.4, -0.2) is 5.72 Å². The van der Waals surface area contributed by atoms with Crippen molar-refractivity contribution in [2.24, 2.45) is 11.8 Å². The highest BCUT2D eigenvalue weighted by atomic mass is 19.4. The Labute approximate surface area is 142 Å². The summed E-state index contributed by atoms with van der Waals surface area (Å²) in [7, 11) is 0. The SMILES string of the molecule is FC(F)(F)c1coc2ccc(N3NO[C@@]4(CC5CCC4CC5)N3)cc12. The average molecular weight is 353 g/mol. The predicted octanol–water partition coefficient (Wildman–Crippen LogP) is 4.12. The van der Waals surface area contributed by atoms with Crippen LogP contribution in [0, 0.1) is 11.8 Å². The van der Waals surface area contributed by atoms with Gasteiger partial charge in [0.2, 0.25) is 0 Å². The van der Waals surface area contributed by atoms with E-state index < -0.39 is 17.5 Å². The summed E-state index contributed by atoms with van der Waals surface area (Å²) in [6, 6.07) is 4.71. The fourth-order valence-corrected chi connectivity index (χ4v) is 4.55. The molecule has 2 N–H and O–H groups in total. The minimum absolute atomic E-state index is 0.0414. The van der Waals surface area contributed by atoms with Gasteiger partial charge >= 0.3 is 6.18 Å². The summed E-state index contributed by atoms with van der Waals surface area (Å²) in [5, 5.41) is 1.62. The Morgan fingerprint density at radius 2 is 1.96 bits per heavy atom. The van der Waals surface area contributed by atoms with Crippen molar-refractivity contribution >= 4 is 16.7 Å². The van der Waals surface area contributed by atoms with Crippen molar-refractivity contribution in [3.05, 3.63) is 30.0 Å². The summed E-state index contributed by atoms with van der Waals surface area (Å²) in [6.07, 6.45) is 1.93. The van der Waals surface area contributed by atoms with Crippen LogP contribution in [-0.2, 0) is 11.0 Å². The van der Waals surface area contributed by atoms with E-state index in [4.69, 9.17) is 9.25 Å². The molecule has 2 aromatic rings. The molecule has 6 rings (SSSR count). The Bertz CT molecular complexity index is 813. The molecule has 1 aromatic carbocycles. The van der Waals surface area contributed by atoms with Crippen LogP contribution in [0.1, 0.15) is 37.7 Å². The van der Waals surface area contributed by atoms with Gasteiger partial charge in [-0.3, -0.25) is 4.84 Å². The first kappa shape index (κ1) is 15.5. The van der Waals surface area contributed by atoms with Gasteiger partial charge in [-0.1, -0.05) is 5.59 Å². The number of hydrazine groups is 2. The zero-order chi connectivity index (χ0) is 17.2. The molecule has 2 heterocycles. The quantitative estimate of drug-likeness (QED) is 0.808. The minimum Gasteiger partial charge on any atom is -0.464 e. The van der Waals surface area contributed by atoms with Gasteiger partial charge in [-0.2, -0.15) is 18.6 Å². The van der Waals surface area contributed by atoms with Gasteiger partial charge in [-0.25, -0.2) is 5.12 Å². The smallest absolute Gasteiger partial charge is 0.420 e. The van der Waals surface area contributed by atoms with E-state index in [0.29, 0.717) is 17.5 Å². The fourth-order valence-electron chi connectivity index (χ4n) is 4.55. The van der Waals surface area contributed by atoms with E-state index in [1.54, 1.807) is 17.3 Å². The summed E-state index contributed by atoms with van der Waals surface area (Å²) >= 11 is 0. The predicted molar refractivity (Wildman–Crippen MR) is 83.8 cm³/mol. The number of anilines is 1. The van der Waals surface area contributed by atoms with Gasteiger partial charge in [0, 0.05) is 11.3 Å². The fraction of sp³-hybridized carbons (Fsp3) is 0.529. The van der Waals surface area contributed by atoms with E-state index in [1.807, 2.05) is 0 Å². The third-order valence-electron chi connectivity index (χ3n) is 5.84. The van der Waals surface area contributed by atoms with Crippen LogP contribution >= 0.6 is 0 Å². The Morgan fingerprint density at radius 3 is 2.64 bits per heavy atom. The van der Waals surface area contributed by atoms with E-state index in [-0.39, 0.29) is 11.0 Å². The van der Waals surface area contributed by atoms with E-state index >= 15 is 0 Å². The summed E-state index contributed by atoms with van der Waals surface area (Å²) in [6.45, 7) is 0. The van der Waals surface area contributed by atoms with E-state index in [2.05, 4.69) is 11.0 Å². The maximum atomic E-state index is 13.1. The van der Waals surface area contributed by atoms with Crippen molar-refractivity contribution in [2.75, 3.05) is 5.12 Å². The lowest BCUT2D eigenvalue weighted by atomic mass is 9.66. The number of nitrogens with zero attached hydrogens (tertiary/aromatic N) is 1. The van der Waals surface area contributed by atoms with Crippen molar-refractivity contribution in [3.63, 3.8) is 0 Å². The molecule has 0 radical (unpaired) electrons. The van der Waals surface area contributed by atoms with Crippen LogP contribution < -0.4 is 16.1 Å². The van der Waals surface area contributed by atoms with Crippen molar-refractivity contribution in [1.82, 2.24) is 11.0 Å². The molecule has 3 saturated carbocycles. The molecule has 134 valence electrons. The molecule has 2 bridgehead atoms. The molecule has 8 heteroatoms. The summed E-state index contributed by atoms with van der Waals surface area (Å²) in [4.78, 5) is 5.89. The molecule has 1 aromatic heterocycles. The number of rotatable bonds is 1. The molecule has 3 aliphatic carbocycles. The first-order valence-electron chi connectivity index (χ1n) is 8.55. The average Bonchev–Trinajstić information content (AvgIpc) is 3.19. The number of benzene rings is 1. The Morgan fingerprint density at radius 1 is 1.16 bits per heavy atom. The maximum Gasteiger partial charge on any atom is 0.420 e. The Hall–Kier alpha value is -1.77. The number of nitrogens with one attached hydrogen (secondary N) is 2. The van der Waals surface area contributed by atoms with Crippen LogP contribution in [0.25, 0.3) is 11.0 Å². The van der Waals surface area contributed by atoms with Gasteiger partial charge in [0.15, 0.2) is 5.72 Å². The lowest BCUT2D eigenvalue weighted by molar-refractivity contribution is -0.153. The molecular weight excluding hydrogens is 335 g/mol. The number of hydrogen-bond donors (Lipinski definition) is 2. The lowest BCUT2D eigenvalue weighted by Crippen LogP contribution is -2.57. The van der Waals surface area contributed by atoms with Gasteiger partial charge in [-0.15, -0.1) is 0 Å². The normalized spacial score (nSPS) is 32.2. The molecule has 4 aliphatic rings. The number of alkyl halides is 3. The van der Waals surface area contributed by atoms with Crippen LogP contribution in [0.2, 0.25) is 0 Å². The second-order valence-electron chi connectivity index (χ2n) is 7.28. The van der Waals surface area contributed by atoms with Crippen LogP contribution in [0.4, 0.5) is 18.9 Å². The van der Waals surface area contributed by atoms with E-state index in [1.165, 1.54) is 18.9 Å². The molecule has 1 aliphatic heterocycles. The van der Waals surface area contributed by atoms with Crippen LogP contribution in [0.15, 0.2) is 28.9 Å². The van der Waals surface area contributed by atoms with Crippen molar-refractivity contribution in [1.29, 1.82) is 0 Å². The second kappa shape index (κ2) is 5.12. The van der Waals surface area contributed by atoms with Gasteiger partial charge in [0.1, 0.15) is 17.4 Å². The van der Waals surface area contributed by atoms with Gasteiger partial charge in [0.25, 0.3) is 0 Å². The van der Waals surface area contributed by atoms with Crippen molar-refractivity contribution < 1.29 is 22.4 Å². The Balaban J connectivity index is 1.46. The minimum atomic E-state index is -4.45. The zero-order valence-electron chi connectivity index (χ0n) is 13.4. The van der Waals surface area contributed by atoms with Crippen LogP contribution in [0.5, 0.6) is 0 Å². The summed E-state index contributed by atoms with van der Waals surface area (Å²) < 4.78 is 44.4. The third kappa shape index (κ3) is 2.35. The number of halogens is 3.